The van der Waals surface area contributed by atoms with Crippen LogP contribution in [0.5, 0.6) is 11.5 Å². The van der Waals surface area contributed by atoms with E-state index in [4.69, 9.17) is 9.47 Å². The Kier molecular flexibility index (Phi) is 7.10. The van der Waals surface area contributed by atoms with Crippen LogP contribution in [0.3, 0.4) is 0 Å². The van der Waals surface area contributed by atoms with Gasteiger partial charge in [0.15, 0.2) is 11.6 Å². The Bertz CT molecular complexity index is 1030. The molecule has 1 unspecified atom stereocenters. The number of methoxy groups -OCH3 is 2. The summed E-state index contributed by atoms with van der Waals surface area (Å²) in [5.74, 6) is -0.821. The molecule has 0 bridgehead atoms. The molecule has 2 aromatic rings. The van der Waals surface area contributed by atoms with Gasteiger partial charge in [0.2, 0.25) is 10.0 Å². The van der Waals surface area contributed by atoms with Crippen molar-refractivity contribution >= 4 is 15.9 Å². The number of halogens is 1. The lowest BCUT2D eigenvalue weighted by Gasteiger charge is -2.21. The van der Waals surface area contributed by atoms with Crippen LogP contribution in [0, 0.1) is 5.82 Å². The monoisotopic (exact) mass is 438 g/mol. The van der Waals surface area contributed by atoms with Crippen LogP contribution in [0.25, 0.3) is 0 Å². The van der Waals surface area contributed by atoms with Crippen molar-refractivity contribution in [1.82, 2.24) is 10.0 Å². The molecule has 0 fully saturated rings. The van der Waals surface area contributed by atoms with Crippen LogP contribution in [-0.4, -0.2) is 34.1 Å². The topological polar surface area (TPSA) is 93.7 Å². The number of nitrogens with one attached hydrogen (secondary N) is 2. The Labute approximate surface area is 176 Å². The minimum Gasteiger partial charge on any atom is -0.495 e. The van der Waals surface area contributed by atoms with Gasteiger partial charge in [0, 0.05) is 11.1 Å². The van der Waals surface area contributed by atoms with E-state index < -0.39 is 33.3 Å². The number of sulfonamides is 1. The molecule has 0 saturated heterocycles. The van der Waals surface area contributed by atoms with Crippen LogP contribution in [0.2, 0.25) is 0 Å². The minimum absolute atomic E-state index is 0.105. The minimum atomic E-state index is -3.93. The Morgan fingerprint density at radius 3 is 2.17 bits per heavy atom. The third kappa shape index (κ3) is 5.70. The molecule has 2 N–H and O–H groups in total. The molecule has 2 rings (SSSR count). The summed E-state index contributed by atoms with van der Waals surface area (Å²) in [5.41, 5.74) is -0.0435. The fourth-order valence-corrected chi connectivity index (χ4v) is 4.42. The fourth-order valence-electron chi connectivity index (χ4n) is 2.80. The van der Waals surface area contributed by atoms with Gasteiger partial charge in [-0.05, 0) is 63.6 Å². The molecule has 0 saturated carbocycles. The first-order chi connectivity index (χ1) is 13.9. The van der Waals surface area contributed by atoms with Gasteiger partial charge in [-0.15, -0.1) is 0 Å². The van der Waals surface area contributed by atoms with Gasteiger partial charge < -0.3 is 14.8 Å². The van der Waals surface area contributed by atoms with Crippen molar-refractivity contribution in [1.29, 1.82) is 0 Å². The van der Waals surface area contributed by atoms with E-state index in [1.54, 1.807) is 33.8 Å². The molecule has 1 amide bonds. The largest absolute Gasteiger partial charge is 0.495 e. The first kappa shape index (κ1) is 23.6. The molecule has 0 aliphatic carbocycles. The second-order valence-electron chi connectivity index (χ2n) is 7.81. The van der Waals surface area contributed by atoms with E-state index in [0.29, 0.717) is 5.56 Å². The van der Waals surface area contributed by atoms with Crippen molar-refractivity contribution in [2.24, 2.45) is 0 Å². The highest BCUT2D eigenvalue weighted by molar-refractivity contribution is 7.89. The highest BCUT2D eigenvalue weighted by atomic mass is 32.2. The lowest BCUT2D eigenvalue weighted by atomic mass is 10.1. The van der Waals surface area contributed by atoms with Crippen LogP contribution < -0.4 is 19.5 Å². The second kappa shape index (κ2) is 9.01. The maximum atomic E-state index is 13.9. The molecule has 9 heteroatoms. The summed E-state index contributed by atoms with van der Waals surface area (Å²) in [4.78, 5) is 12.6. The predicted molar refractivity (Wildman–Crippen MR) is 112 cm³/mol. The van der Waals surface area contributed by atoms with Gasteiger partial charge in [0.25, 0.3) is 5.91 Å². The highest BCUT2D eigenvalue weighted by Gasteiger charge is 2.26. The summed E-state index contributed by atoms with van der Waals surface area (Å²) in [6, 6.07) is 8.01. The zero-order chi connectivity index (χ0) is 22.7. The van der Waals surface area contributed by atoms with E-state index in [1.807, 2.05) is 0 Å². The van der Waals surface area contributed by atoms with Gasteiger partial charge in [0.05, 0.1) is 20.3 Å². The molecular weight excluding hydrogens is 411 g/mol. The van der Waals surface area contributed by atoms with E-state index in [0.717, 1.165) is 0 Å². The molecule has 164 valence electrons. The van der Waals surface area contributed by atoms with Crippen LogP contribution >= 0.6 is 0 Å². The smallest absolute Gasteiger partial charge is 0.251 e. The lowest BCUT2D eigenvalue weighted by molar-refractivity contribution is 0.0939. The SMILES string of the molecule is COc1ccc(C(C)NC(=O)c2ccc(OC)c(S(=O)(=O)NC(C)(C)C)c2)cc1F. The average Bonchev–Trinajstić information content (AvgIpc) is 2.65. The van der Waals surface area contributed by atoms with E-state index in [9.17, 15) is 17.6 Å². The number of ether oxygens (including phenoxy) is 2. The number of benzene rings is 2. The van der Waals surface area contributed by atoms with Crippen molar-refractivity contribution < 1.29 is 27.1 Å². The van der Waals surface area contributed by atoms with Gasteiger partial charge in [-0.2, -0.15) is 0 Å². The van der Waals surface area contributed by atoms with Crippen LogP contribution in [-0.2, 0) is 10.0 Å². The van der Waals surface area contributed by atoms with Crippen molar-refractivity contribution in [3.05, 3.63) is 53.3 Å². The van der Waals surface area contributed by atoms with Crippen molar-refractivity contribution in [3.8, 4) is 11.5 Å². The number of hydrogen-bond donors (Lipinski definition) is 2. The quantitative estimate of drug-likeness (QED) is 0.691. The maximum Gasteiger partial charge on any atom is 0.251 e. The summed E-state index contributed by atoms with van der Waals surface area (Å²) in [6.45, 7) is 6.83. The van der Waals surface area contributed by atoms with E-state index in [1.165, 1.54) is 44.6 Å². The van der Waals surface area contributed by atoms with Crippen molar-refractivity contribution in [3.63, 3.8) is 0 Å². The number of hydrogen-bond acceptors (Lipinski definition) is 5. The Balaban J connectivity index is 2.31. The van der Waals surface area contributed by atoms with Crippen molar-refractivity contribution in [2.45, 2.75) is 44.2 Å². The summed E-state index contributed by atoms with van der Waals surface area (Å²) in [5, 5.41) is 2.74. The third-order valence-electron chi connectivity index (χ3n) is 4.18. The fraction of sp³-hybridized carbons (Fsp3) is 0.381. The van der Waals surface area contributed by atoms with Crippen LogP contribution in [0.1, 0.15) is 49.7 Å². The number of rotatable bonds is 7. The molecule has 0 spiro atoms. The van der Waals surface area contributed by atoms with Gasteiger partial charge in [-0.25, -0.2) is 17.5 Å². The molecule has 0 aliphatic heterocycles. The summed E-state index contributed by atoms with van der Waals surface area (Å²) in [7, 11) is -1.21. The standard InChI is InChI=1S/C21H27FN2O5S/c1-13(14-7-9-17(28-5)16(22)11-14)23-20(25)15-8-10-18(29-6)19(12-15)30(26,27)24-21(2,3)4/h7-13,24H,1-6H3,(H,23,25). The summed E-state index contributed by atoms with van der Waals surface area (Å²) >= 11 is 0. The van der Waals surface area contributed by atoms with Crippen molar-refractivity contribution in [2.75, 3.05) is 14.2 Å². The molecule has 0 aliphatic rings. The van der Waals surface area contributed by atoms with E-state index in [2.05, 4.69) is 10.0 Å². The molecule has 1 atom stereocenters. The summed E-state index contributed by atoms with van der Waals surface area (Å²) in [6.07, 6.45) is 0. The Morgan fingerprint density at radius 1 is 1.03 bits per heavy atom. The third-order valence-corrected chi connectivity index (χ3v) is 5.96. The Morgan fingerprint density at radius 2 is 1.63 bits per heavy atom. The number of carbonyl (C=O) groups excluding carboxylic acids is 1. The van der Waals surface area contributed by atoms with Gasteiger partial charge in [-0.1, -0.05) is 6.07 Å². The van der Waals surface area contributed by atoms with E-state index in [-0.39, 0.29) is 22.0 Å². The normalized spacial score (nSPS) is 12.9. The van der Waals surface area contributed by atoms with Gasteiger partial charge >= 0.3 is 0 Å². The predicted octanol–water partition coefficient (Wildman–Crippen LogP) is 3.41. The molecule has 0 heterocycles. The zero-order valence-electron chi connectivity index (χ0n) is 17.9. The Hall–Kier alpha value is -2.65. The van der Waals surface area contributed by atoms with Crippen LogP contribution in [0.15, 0.2) is 41.3 Å². The number of carbonyl (C=O) groups is 1. The average molecular weight is 439 g/mol. The second-order valence-corrected chi connectivity index (χ2v) is 9.46. The first-order valence-electron chi connectivity index (χ1n) is 9.24. The molecule has 2 aromatic carbocycles. The zero-order valence-corrected chi connectivity index (χ0v) is 18.7. The maximum absolute atomic E-state index is 13.9. The molecule has 30 heavy (non-hydrogen) atoms. The summed E-state index contributed by atoms with van der Waals surface area (Å²) < 4.78 is 52.1. The van der Waals surface area contributed by atoms with E-state index >= 15 is 0 Å². The molecule has 0 radical (unpaired) electrons. The number of amides is 1. The van der Waals surface area contributed by atoms with Gasteiger partial charge in [-0.3, -0.25) is 4.79 Å². The lowest BCUT2D eigenvalue weighted by Crippen LogP contribution is -2.40. The van der Waals surface area contributed by atoms with Crippen LogP contribution in [0.4, 0.5) is 4.39 Å². The molecular formula is C21H27FN2O5S. The first-order valence-corrected chi connectivity index (χ1v) is 10.7. The van der Waals surface area contributed by atoms with Gasteiger partial charge in [0.1, 0.15) is 10.6 Å². The molecule has 0 aromatic heterocycles. The highest BCUT2D eigenvalue weighted by Crippen LogP contribution is 2.27. The molecule has 7 nitrogen and oxygen atoms in total.